The molecule has 4 heteroatoms. The number of nitrogen functional groups attached to an aromatic ring is 1. The van der Waals surface area contributed by atoms with Gasteiger partial charge in [-0.2, -0.15) is 0 Å². The average molecular weight is 345 g/mol. The first-order valence-corrected chi connectivity index (χ1v) is 8.03. The third-order valence-corrected chi connectivity index (χ3v) is 4.56. The molecule has 0 spiro atoms. The van der Waals surface area contributed by atoms with Gasteiger partial charge in [-0.15, -0.1) is 11.8 Å². The van der Waals surface area contributed by atoms with Crippen molar-refractivity contribution in [3.8, 4) is 0 Å². The molecule has 3 rings (SSSR count). The number of benzene rings is 2. The van der Waals surface area contributed by atoms with E-state index in [0.717, 1.165) is 26.7 Å². The molecule has 2 nitrogen and oxygen atoms in total. The number of hydrogen-bond acceptors (Lipinski definition) is 3. The maximum Gasteiger partial charge on any atom is 0.128 e. The molecule has 2 N–H and O–H groups in total. The molecule has 3 aromatic rings. The predicted octanol–water partition coefficient (Wildman–Crippen LogP) is 4.87. The lowest BCUT2D eigenvalue weighted by Crippen LogP contribution is -1.97. The van der Waals surface area contributed by atoms with Crippen molar-refractivity contribution >= 4 is 44.4 Å². The number of nitrogens with two attached hydrogens (primary N) is 1. The van der Waals surface area contributed by atoms with Gasteiger partial charge in [0.05, 0.1) is 5.52 Å². The van der Waals surface area contributed by atoms with Crippen LogP contribution in [-0.4, -0.2) is 4.98 Å². The number of nitrogens with zero attached hydrogens (tertiary/aromatic N) is 1. The van der Waals surface area contributed by atoms with Gasteiger partial charge in [-0.25, -0.2) is 4.98 Å². The summed E-state index contributed by atoms with van der Waals surface area (Å²) in [5, 5.41) is 1.13. The highest BCUT2D eigenvalue weighted by atomic mass is 79.9. The largest absolute Gasteiger partial charge is 0.383 e. The molecule has 1 heterocycles. The van der Waals surface area contributed by atoms with Crippen molar-refractivity contribution in [3.05, 3.63) is 64.6 Å². The van der Waals surface area contributed by atoms with E-state index >= 15 is 0 Å². The number of aromatic nitrogens is 1. The molecule has 0 aliphatic rings. The standard InChI is InChI=1S/C16H13BrN2S/c17-13-5-3-6-14(9-13)20-10-12-8-11-4-1-2-7-15(11)19-16(12)18/h1-9H,10H2,(H2,18,19). The Bertz CT molecular complexity index is 758. The molecule has 20 heavy (non-hydrogen) atoms. The first-order valence-electron chi connectivity index (χ1n) is 6.25. The van der Waals surface area contributed by atoms with E-state index in [1.807, 2.05) is 30.3 Å². The molecule has 1 aromatic heterocycles. The quantitative estimate of drug-likeness (QED) is 0.688. The molecule has 0 aliphatic carbocycles. The second kappa shape index (κ2) is 5.85. The molecule has 0 radical (unpaired) electrons. The highest BCUT2D eigenvalue weighted by molar-refractivity contribution is 9.10. The third kappa shape index (κ3) is 2.97. The van der Waals surface area contributed by atoms with Crippen LogP contribution in [0.2, 0.25) is 0 Å². The van der Waals surface area contributed by atoms with E-state index < -0.39 is 0 Å². The average Bonchev–Trinajstić information content (AvgIpc) is 2.45. The van der Waals surface area contributed by atoms with Crippen LogP contribution in [-0.2, 0) is 5.75 Å². The molecule has 0 saturated carbocycles. The van der Waals surface area contributed by atoms with Crippen molar-refractivity contribution in [1.82, 2.24) is 4.98 Å². The van der Waals surface area contributed by atoms with Gasteiger partial charge in [-0.05, 0) is 30.3 Å². The van der Waals surface area contributed by atoms with Crippen LogP contribution in [0.1, 0.15) is 5.56 Å². The lowest BCUT2D eigenvalue weighted by atomic mass is 10.1. The summed E-state index contributed by atoms with van der Waals surface area (Å²) in [5.74, 6) is 1.44. The van der Waals surface area contributed by atoms with Crippen LogP contribution in [0.3, 0.4) is 0 Å². The van der Waals surface area contributed by atoms with Crippen LogP contribution < -0.4 is 5.73 Å². The summed E-state index contributed by atoms with van der Waals surface area (Å²) in [7, 11) is 0. The van der Waals surface area contributed by atoms with Crippen molar-refractivity contribution in [1.29, 1.82) is 0 Å². The van der Waals surface area contributed by atoms with Crippen LogP contribution in [0, 0.1) is 0 Å². The molecule has 2 aromatic carbocycles. The Hall–Kier alpha value is -1.52. The van der Waals surface area contributed by atoms with Crippen LogP contribution in [0.5, 0.6) is 0 Å². The Morgan fingerprint density at radius 3 is 2.75 bits per heavy atom. The van der Waals surface area contributed by atoms with Gasteiger partial charge >= 0.3 is 0 Å². The fraction of sp³-hybridized carbons (Fsp3) is 0.0625. The zero-order chi connectivity index (χ0) is 13.9. The molecular formula is C16H13BrN2S. The van der Waals surface area contributed by atoms with Gasteiger partial charge in [0.1, 0.15) is 5.82 Å². The van der Waals surface area contributed by atoms with Crippen LogP contribution in [0.15, 0.2) is 64.0 Å². The van der Waals surface area contributed by atoms with E-state index in [9.17, 15) is 0 Å². The number of anilines is 1. The number of thioether (sulfide) groups is 1. The monoisotopic (exact) mass is 344 g/mol. The van der Waals surface area contributed by atoms with E-state index in [1.54, 1.807) is 11.8 Å². The van der Waals surface area contributed by atoms with Crippen molar-refractivity contribution in [3.63, 3.8) is 0 Å². The Labute approximate surface area is 130 Å². The summed E-state index contributed by atoms with van der Waals surface area (Å²) in [6, 6.07) is 18.4. The van der Waals surface area contributed by atoms with Gasteiger partial charge in [-0.1, -0.05) is 40.2 Å². The maximum absolute atomic E-state index is 6.05. The summed E-state index contributed by atoms with van der Waals surface area (Å²) in [4.78, 5) is 5.68. The van der Waals surface area contributed by atoms with Gasteiger partial charge < -0.3 is 5.73 Å². The molecule has 0 fully saturated rings. The Balaban J connectivity index is 1.85. The molecule has 0 aliphatic heterocycles. The van der Waals surface area contributed by atoms with Crippen molar-refractivity contribution in [2.75, 3.05) is 5.73 Å². The van der Waals surface area contributed by atoms with Gasteiger partial charge in [0.25, 0.3) is 0 Å². The number of hydrogen-bond donors (Lipinski definition) is 1. The number of pyridine rings is 1. The highest BCUT2D eigenvalue weighted by Crippen LogP contribution is 2.28. The fourth-order valence-corrected chi connectivity index (χ4v) is 3.50. The maximum atomic E-state index is 6.05. The molecule has 100 valence electrons. The number of rotatable bonds is 3. The van der Waals surface area contributed by atoms with Gasteiger partial charge in [-0.3, -0.25) is 0 Å². The van der Waals surface area contributed by atoms with Gasteiger partial charge in [0.2, 0.25) is 0 Å². The van der Waals surface area contributed by atoms with E-state index in [0.29, 0.717) is 5.82 Å². The van der Waals surface area contributed by atoms with Crippen LogP contribution in [0.4, 0.5) is 5.82 Å². The lowest BCUT2D eigenvalue weighted by molar-refractivity contribution is 1.31. The number of halogens is 1. The lowest BCUT2D eigenvalue weighted by Gasteiger charge is -2.07. The predicted molar refractivity (Wildman–Crippen MR) is 89.9 cm³/mol. The Morgan fingerprint density at radius 2 is 1.90 bits per heavy atom. The molecule has 0 amide bonds. The molecular weight excluding hydrogens is 332 g/mol. The van der Waals surface area contributed by atoms with Gasteiger partial charge in [0, 0.05) is 26.1 Å². The Kier molecular flexibility index (Phi) is 3.94. The van der Waals surface area contributed by atoms with E-state index in [2.05, 4.69) is 45.2 Å². The van der Waals surface area contributed by atoms with Gasteiger partial charge in [0.15, 0.2) is 0 Å². The smallest absolute Gasteiger partial charge is 0.128 e. The van der Waals surface area contributed by atoms with E-state index in [4.69, 9.17) is 5.73 Å². The normalized spacial score (nSPS) is 10.8. The molecule has 0 bridgehead atoms. The summed E-state index contributed by atoms with van der Waals surface area (Å²) >= 11 is 5.25. The summed E-state index contributed by atoms with van der Waals surface area (Å²) in [6.07, 6.45) is 0. The fourth-order valence-electron chi connectivity index (χ4n) is 2.01. The summed E-state index contributed by atoms with van der Waals surface area (Å²) < 4.78 is 1.09. The molecule has 0 atom stereocenters. The van der Waals surface area contributed by atoms with Crippen LogP contribution in [0.25, 0.3) is 10.9 Å². The highest BCUT2D eigenvalue weighted by Gasteiger charge is 2.05. The van der Waals surface area contributed by atoms with E-state index in [-0.39, 0.29) is 0 Å². The minimum absolute atomic E-state index is 0.617. The molecule has 0 unspecified atom stereocenters. The van der Waals surface area contributed by atoms with Crippen molar-refractivity contribution < 1.29 is 0 Å². The zero-order valence-corrected chi connectivity index (χ0v) is 13.1. The molecule has 0 saturated heterocycles. The number of fused-ring (bicyclic) bond motifs is 1. The Morgan fingerprint density at radius 1 is 1.05 bits per heavy atom. The summed E-state index contributed by atoms with van der Waals surface area (Å²) in [6.45, 7) is 0. The first kappa shape index (κ1) is 13.5. The first-order chi connectivity index (χ1) is 9.72. The van der Waals surface area contributed by atoms with E-state index in [1.165, 1.54) is 4.90 Å². The topological polar surface area (TPSA) is 38.9 Å². The van der Waals surface area contributed by atoms with Crippen molar-refractivity contribution in [2.24, 2.45) is 0 Å². The summed E-state index contributed by atoms with van der Waals surface area (Å²) in [5.41, 5.74) is 8.07. The second-order valence-corrected chi connectivity index (χ2v) is 6.44. The third-order valence-electron chi connectivity index (χ3n) is 3.03. The van der Waals surface area contributed by atoms with Crippen LogP contribution >= 0.6 is 27.7 Å². The minimum atomic E-state index is 0.617. The second-order valence-electron chi connectivity index (χ2n) is 4.47. The number of para-hydroxylation sites is 1. The van der Waals surface area contributed by atoms with Crippen molar-refractivity contribution in [2.45, 2.75) is 10.6 Å². The zero-order valence-electron chi connectivity index (χ0n) is 10.7. The minimum Gasteiger partial charge on any atom is -0.383 e. The SMILES string of the molecule is Nc1nc2ccccc2cc1CSc1cccc(Br)c1.